The number of halogens is 1. The quantitative estimate of drug-likeness (QED) is 0.739. The third-order valence-electron chi connectivity index (χ3n) is 3.36. The fourth-order valence-electron chi connectivity index (χ4n) is 2.07. The van der Waals surface area contributed by atoms with Crippen molar-refractivity contribution in [2.45, 2.75) is 19.2 Å². The van der Waals surface area contributed by atoms with E-state index < -0.39 is 16.8 Å². The molecule has 0 aliphatic carbocycles. The molecule has 0 saturated heterocycles. The van der Waals surface area contributed by atoms with Gasteiger partial charge in [0.25, 0.3) is 11.5 Å². The Bertz CT molecular complexity index is 927. The molecule has 0 aliphatic rings. The normalized spacial score (nSPS) is 12.3. The number of rotatable bonds is 3. The number of aromatic nitrogens is 4. The molecule has 8 heteroatoms. The van der Waals surface area contributed by atoms with Gasteiger partial charge in [-0.1, -0.05) is 17.7 Å². The lowest BCUT2D eigenvalue weighted by molar-refractivity contribution is -0.116. The molecule has 23 heavy (non-hydrogen) atoms. The van der Waals surface area contributed by atoms with E-state index in [0.717, 1.165) is 15.9 Å². The Balaban J connectivity index is 2.06. The molecule has 1 atom stereocenters. The summed E-state index contributed by atoms with van der Waals surface area (Å²) in [5.41, 5.74) is 4.32. The Morgan fingerprint density at radius 3 is 2.65 bits per heavy atom. The summed E-state index contributed by atoms with van der Waals surface area (Å²) >= 11 is 5.68. The molecule has 3 rings (SSSR count). The standard InChI is InChI=1S/C15H14ClN5O2/c1-9-3-5-11(6-4-9)21-13-12(7-18-21)15(23)20(8-17-13)19-14(22)10(2)16/h3-8,10H,1-2H3,(H,19,22). The minimum Gasteiger partial charge on any atom is -0.272 e. The lowest BCUT2D eigenvalue weighted by Crippen LogP contribution is -2.36. The van der Waals surface area contributed by atoms with E-state index in [1.807, 2.05) is 31.2 Å². The number of hydrogen-bond donors (Lipinski definition) is 1. The summed E-state index contributed by atoms with van der Waals surface area (Å²) in [5.74, 6) is -0.485. The molecule has 118 valence electrons. The van der Waals surface area contributed by atoms with Gasteiger partial charge in [0.1, 0.15) is 17.1 Å². The van der Waals surface area contributed by atoms with Crippen molar-refractivity contribution < 1.29 is 4.79 Å². The Morgan fingerprint density at radius 1 is 1.30 bits per heavy atom. The molecule has 0 radical (unpaired) electrons. The molecule has 7 nitrogen and oxygen atoms in total. The molecule has 1 aromatic carbocycles. The molecule has 3 aromatic rings. The van der Waals surface area contributed by atoms with E-state index >= 15 is 0 Å². The van der Waals surface area contributed by atoms with Crippen LogP contribution in [0.1, 0.15) is 12.5 Å². The van der Waals surface area contributed by atoms with Crippen LogP contribution in [-0.4, -0.2) is 30.7 Å². The average molecular weight is 332 g/mol. The molecular formula is C15H14ClN5O2. The molecule has 1 N–H and O–H groups in total. The number of benzene rings is 1. The van der Waals surface area contributed by atoms with Gasteiger partial charge in [-0.05, 0) is 26.0 Å². The second kappa shape index (κ2) is 5.85. The van der Waals surface area contributed by atoms with Gasteiger partial charge in [0.2, 0.25) is 0 Å². The Hall–Kier alpha value is -2.67. The number of hydrogen-bond acceptors (Lipinski definition) is 4. The molecule has 0 fully saturated rings. The van der Waals surface area contributed by atoms with E-state index in [-0.39, 0.29) is 0 Å². The Labute approximate surface area is 136 Å². The van der Waals surface area contributed by atoms with Crippen molar-refractivity contribution >= 4 is 28.5 Å². The van der Waals surface area contributed by atoms with Gasteiger partial charge in [-0.2, -0.15) is 5.10 Å². The van der Waals surface area contributed by atoms with E-state index in [1.54, 1.807) is 4.68 Å². The maximum absolute atomic E-state index is 12.4. The third-order valence-corrected chi connectivity index (χ3v) is 3.56. The van der Waals surface area contributed by atoms with Gasteiger partial charge in [-0.15, -0.1) is 11.6 Å². The van der Waals surface area contributed by atoms with Crippen molar-refractivity contribution in [3.8, 4) is 5.69 Å². The first-order valence-electron chi connectivity index (χ1n) is 6.95. The molecule has 0 bridgehead atoms. The van der Waals surface area contributed by atoms with Gasteiger partial charge in [-0.3, -0.25) is 15.0 Å². The SMILES string of the molecule is Cc1ccc(-n2ncc3c(=O)n(NC(=O)C(C)Cl)cnc32)cc1. The summed E-state index contributed by atoms with van der Waals surface area (Å²) in [4.78, 5) is 28.2. The summed E-state index contributed by atoms with van der Waals surface area (Å²) in [7, 11) is 0. The summed E-state index contributed by atoms with van der Waals surface area (Å²) < 4.78 is 2.58. The Morgan fingerprint density at radius 2 is 2.00 bits per heavy atom. The van der Waals surface area contributed by atoms with Gasteiger partial charge in [0, 0.05) is 0 Å². The van der Waals surface area contributed by atoms with E-state index in [0.29, 0.717) is 11.0 Å². The minimum atomic E-state index is -0.757. The van der Waals surface area contributed by atoms with Gasteiger partial charge >= 0.3 is 0 Å². The van der Waals surface area contributed by atoms with Crippen LogP contribution in [0.15, 0.2) is 41.6 Å². The lowest BCUT2D eigenvalue weighted by atomic mass is 10.2. The second-order valence-corrected chi connectivity index (χ2v) is 5.80. The van der Waals surface area contributed by atoms with Crippen molar-refractivity contribution in [2.24, 2.45) is 0 Å². The predicted molar refractivity (Wildman–Crippen MR) is 87.5 cm³/mol. The highest BCUT2D eigenvalue weighted by Gasteiger charge is 2.14. The minimum absolute atomic E-state index is 0.301. The summed E-state index contributed by atoms with van der Waals surface area (Å²) in [6.07, 6.45) is 2.67. The molecule has 2 heterocycles. The van der Waals surface area contributed by atoms with Crippen molar-refractivity contribution in [2.75, 3.05) is 5.43 Å². The third kappa shape index (κ3) is 2.83. The van der Waals surface area contributed by atoms with Crippen LogP contribution in [0.4, 0.5) is 0 Å². The van der Waals surface area contributed by atoms with Crippen molar-refractivity contribution in [3.63, 3.8) is 0 Å². The summed E-state index contributed by atoms with van der Waals surface area (Å²) in [5, 5.41) is 3.76. The number of nitrogens with one attached hydrogen (secondary N) is 1. The van der Waals surface area contributed by atoms with E-state index in [4.69, 9.17) is 11.6 Å². The highest BCUT2D eigenvalue weighted by molar-refractivity contribution is 6.31. The lowest BCUT2D eigenvalue weighted by Gasteiger charge is -2.09. The number of nitrogens with zero attached hydrogens (tertiary/aromatic N) is 4. The van der Waals surface area contributed by atoms with Crippen LogP contribution in [0.2, 0.25) is 0 Å². The van der Waals surface area contributed by atoms with Gasteiger partial charge in [-0.25, -0.2) is 14.3 Å². The zero-order valence-corrected chi connectivity index (χ0v) is 13.3. The van der Waals surface area contributed by atoms with Gasteiger partial charge < -0.3 is 0 Å². The maximum Gasteiger partial charge on any atom is 0.283 e. The summed E-state index contributed by atoms with van der Waals surface area (Å²) in [6, 6.07) is 7.69. The zero-order chi connectivity index (χ0) is 16.6. The largest absolute Gasteiger partial charge is 0.283 e. The first-order chi connectivity index (χ1) is 11.0. The van der Waals surface area contributed by atoms with Crippen LogP contribution in [-0.2, 0) is 4.79 Å². The van der Waals surface area contributed by atoms with E-state index in [1.165, 1.54) is 19.4 Å². The molecule has 0 aliphatic heterocycles. The van der Waals surface area contributed by atoms with Crippen molar-refractivity contribution in [1.82, 2.24) is 19.4 Å². The zero-order valence-electron chi connectivity index (χ0n) is 12.5. The topological polar surface area (TPSA) is 81.8 Å². The predicted octanol–water partition coefficient (Wildman–Crippen LogP) is 1.59. The molecule has 1 unspecified atom stereocenters. The number of fused-ring (bicyclic) bond motifs is 1. The van der Waals surface area contributed by atoms with Crippen LogP contribution in [0.3, 0.4) is 0 Å². The molecule has 2 aromatic heterocycles. The van der Waals surface area contributed by atoms with Gasteiger partial charge in [0.15, 0.2) is 5.65 Å². The van der Waals surface area contributed by atoms with Crippen LogP contribution in [0, 0.1) is 6.92 Å². The molecule has 0 spiro atoms. The number of carbonyl (C=O) groups is 1. The van der Waals surface area contributed by atoms with Gasteiger partial charge in [0.05, 0.1) is 11.9 Å². The summed E-state index contributed by atoms with van der Waals surface area (Å²) in [6.45, 7) is 3.51. The molecule has 1 amide bonds. The number of alkyl halides is 1. The first kappa shape index (κ1) is 15.2. The van der Waals surface area contributed by atoms with E-state index in [2.05, 4.69) is 15.5 Å². The smallest absolute Gasteiger partial charge is 0.272 e. The first-order valence-corrected chi connectivity index (χ1v) is 7.38. The van der Waals surface area contributed by atoms with Crippen molar-refractivity contribution in [1.29, 1.82) is 0 Å². The van der Waals surface area contributed by atoms with Crippen LogP contribution < -0.4 is 11.0 Å². The highest BCUT2D eigenvalue weighted by Crippen LogP contribution is 2.14. The Kier molecular flexibility index (Phi) is 3.87. The van der Waals surface area contributed by atoms with E-state index in [9.17, 15) is 9.59 Å². The highest BCUT2D eigenvalue weighted by atomic mass is 35.5. The maximum atomic E-state index is 12.4. The molecule has 0 saturated carbocycles. The number of aryl methyl sites for hydroxylation is 1. The number of carbonyl (C=O) groups excluding carboxylic acids is 1. The second-order valence-electron chi connectivity index (χ2n) is 5.14. The monoisotopic (exact) mass is 331 g/mol. The average Bonchev–Trinajstić information content (AvgIpc) is 2.95. The fraction of sp³-hybridized carbons (Fsp3) is 0.200. The molecular weight excluding hydrogens is 318 g/mol. The van der Waals surface area contributed by atoms with Crippen molar-refractivity contribution in [3.05, 3.63) is 52.7 Å². The van der Waals surface area contributed by atoms with Crippen LogP contribution >= 0.6 is 11.6 Å². The number of amides is 1. The van der Waals surface area contributed by atoms with Crippen LogP contribution in [0.5, 0.6) is 0 Å². The fourth-order valence-corrected chi connectivity index (χ4v) is 2.12. The van der Waals surface area contributed by atoms with Crippen LogP contribution in [0.25, 0.3) is 16.7 Å².